The van der Waals surface area contributed by atoms with Gasteiger partial charge in [-0.2, -0.15) is 0 Å². The second kappa shape index (κ2) is 8.96. The standard InChI is InChI=1S/C29H28N4O2/c1-3-9-21(4-2)29(35)14-16-33(17-15-29)23-13-8-12-20-18-22(23)26-24(27(20)34)25(31-28(30)32-26)19-10-6-5-7-11-19/h3-13,35H,1-2,14-18H2,(H2,30,31,32)/b21-9+. The van der Waals surface area contributed by atoms with Crippen molar-refractivity contribution in [3.05, 3.63) is 108 Å². The zero-order valence-corrected chi connectivity index (χ0v) is 19.6. The van der Waals surface area contributed by atoms with E-state index in [0.717, 1.165) is 22.4 Å². The van der Waals surface area contributed by atoms with E-state index in [-0.39, 0.29) is 11.7 Å². The van der Waals surface area contributed by atoms with Gasteiger partial charge < -0.3 is 15.7 Å². The van der Waals surface area contributed by atoms with Crippen LogP contribution >= 0.6 is 0 Å². The van der Waals surface area contributed by atoms with Gasteiger partial charge in [-0.3, -0.25) is 4.79 Å². The third kappa shape index (κ3) is 3.96. The number of fused-ring (bicyclic) bond motifs is 4. The molecule has 1 aliphatic heterocycles. The zero-order valence-electron chi connectivity index (χ0n) is 19.6. The van der Waals surface area contributed by atoms with Crippen LogP contribution in [0.25, 0.3) is 16.8 Å². The molecular formula is C29H28N4O2. The maximum Gasteiger partial charge on any atom is 0.221 e. The summed E-state index contributed by atoms with van der Waals surface area (Å²) in [5.74, 6) is 0.0767. The Morgan fingerprint density at radius 2 is 1.83 bits per heavy atom. The van der Waals surface area contributed by atoms with Crippen LogP contribution in [-0.4, -0.2) is 44.4 Å². The fourth-order valence-electron chi connectivity index (χ4n) is 5.18. The number of aliphatic hydroxyl groups is 1. The quantitative estimate of drug-likeness (QED) is 0.626. The second-order valence-corrected chi connectivity index (χ2v) is 9.02. The number of carbonyl (C=O) groups is 1. The Bertz CT molecular complexity index is 1340. The first-order valence-corrected chi connectivity index (χ1v) is 11.8. The molecule has 3 N–H and O–H groups in total. The smallest absolute Gasteiger partial charge is 0.221 e. The van der Waals surface area contributed by atoms with Gasteiger partial charge in [0, 0.05) is 41.9 Å². The van der Waals surface area contributed by atoms with Gasteiger partial charge in [0.05, 0.1) is 22.6 Å². The van der Waals surface area contributed by atoms with E-state index in [1.807, 2.05) is 54.6 Å². The first-order chi connectivity index (χ1) is 16.9. The lowest BCUT2D eigenvalue weighted by Gasteiger charge is -2.41. The Morgan fingerprint density at radius 3 is 2.51 bits per heavy atom. The molecule has 0 saturated carbocycles. The summed E-state index contributed by atoms with van der Waals surface area (Å²) in [6, 6.07) is 9.61. The third-order valence-corrected chi connectivity index (χ3v) is 6.99. The Labute approximate surface area is 205 Å². The molecule has 1 aromatic carbocycles. The Morgan fingerprint density at radius 1 is 1.11 bits per heavy atom. The predicted molar refractivity (Wildman–Crippen MR) is 139 cm³/mol. The number of nitrogens with zero attached hydrogens (tertiary/aromatic N) is 3. The van der Waals surface area contributed by atoms with Crippen LogP contribution in [0.15, 0.2) is 96.8 Å². The van der Waals surface area contributed by atoms with Crippen molar-refractivity contribution in [3.8, 4) is 11.3 Å². The van der Waals surface area contributed by atoms with E-state index in [1.54, 1.807) is 12.2 Å². The summed E-state index contributed by atoms with van der Waals surface area (Å²) in [7, 11) is 0. The van der Waals surface area contributed by atoms with Crippen LogP contribution in [0, 0.1) is 0 Å². The summed E-state index contributed by atoms with van der Waals surface area (Å²) in [6.45, 7) is 8.91. The molecule has 2 aromatic rings. The molecule has 2 aliphatic carbocycles. The first-order valence-electron chi connectivity index (χ1n) is 11.8. The molecule has 0 amide bonds. The summed E-state index contributed by atoms with van der Waals surface area (Å²) in [6.07, 6.45) is 12.6. The van der Waals surface area contributed by atoms with Crippen molar-refractivity contribution in [3.63, 3.8) is 0 Å². The summed E-state index contributed by atoms with van der Waals surface area (Å²) < 4.78 is 0. The average Bonchev–Trinajstić information content (AvgIpc) is 3.07. The minimum atomic E-state index is -0.941. The number of anilines is 1. The molecular weight excluding hydrogens is 436 g/mol. The molecule has 1 aromatic heterocycles. The number of hydrogen-bond donors (Lipinski definition) is 2. The molecule has 6 heteroatoms. The Balaban J connectivity index is 1.59. The van der Waals surface area contributed by atoms with Gasteiger partial charge in [-0.15, -0.1) is 0 Å². The highest BCUT2D eigenvalue weighted by Gasteiger charge is 2.38. The van der Waals surface area contributed by atoms with Gasteiger partial charge in [-0.1, -0.05) is 73.9 Å². The Kier molecular flexibility index (Phi) is 5.83. The minimum absolute atomic E-state index is 0.0632. The van der Waals surface area contributed by atoms with Crippen LogP contribution in [0.4, 0.5) is 5.95 Å². The topological polar surface area (TPSA) is 92.3 Å². The second-order valence-electron chi connectivity index (χ2n) is 9.02. The van der Waals surface area contributed by atoms with Crippen LogP contribution in [0.1, 0.15) is 35.3 Å². The molecule has 6 nitrogen and oxygen atoms in total. The average molecular weight is 465 g/mol. The number of aromatic nitrogens is 2. The molecule has 2 heterocycles. The van der Waals surface area contributed by atoms with E-state index in [0.29, 0.717) is 54.9 Å². The molecule has 3 aliphatic rings. The van der Waals surface area contributed by atoms with Gasteiger partial charge in [0.15, 0.2) is 5.78 Å². The SMILES string of the molecule is C=C/C=C(\C=C)C1(O)CCN(C2=C3CC(=CC=C2)C(=O)c2c3nc(N)nc2-c2ccccc2)CC1. The lowest BCUT2D eigenvalue weighted by atomic mass is 9.82. The molecule has 35 heavy (non-hydrogen) atoms. The molecule has 0 unspecified atom stereocenters. The van der Waals surface area contributed by atoms with Gasteiger partial charge in [0.25, 0.3) is 0 Å². The molecule has 0 atom stereocenters. The van der Waals surface area contributed by atoms with Gasteiger partial charge in [-0.25, -0.2) is 9.97 Å². The van der Waals surface area contributed by atoms with E-state index < -0.39 is 5.60 Å². The summed E-state index contributed by atoms with van der Waals surface area (Å²) in [5.41, 5.74) is 11.1. The fourth-order valence-corrected chi connectivity index (χ4v) is 5.18. The number of allylic oxidation sites excluding steroid dienone is 7. The van der Waals surface area contributed by atoms with Crippen LogP contribution < -0.4 is 5.73 Å². The monoisotopic (exact) mass is 464 g/mol. The summed E-state index contributed by atoms with van der Waals surface area (Å²) >= 11 is 0. The highest BCUT2D eigenvalue weighted by molar-refractivity contribution is 6.18. The number of ketones is 1. The van der Waals surface area contributed by atoms with Crippen LogP contribution in [0.5, 0.6) is 0 Å². The van der Waals surface area contributed by atoms with Crippen molar-refractivity contribution in [1.82, 2.24) is 14.9 Å². The largest absolute Gasteiger partial charge is 0.385 e. The van der Waals surface area contributed by atoms with Gasteiger partial charge in [0.1, 0.15) is 0 Å². The molecule has 1 saturated heterocycles. The van der Waals surface area contributed by atoms with Crippen LogP contribution in [0.3, 0.4) is 0 Å². The molecule has 176 valence electrons. The van der Waals surface area contributed by atoms with Crippen molar-refractivity contribution in [2.45, 2.75) is 24.9 Å². The van der Waals surface area contributed by atoms with E-state index in [4.69, 9.17) is 5.73 Å². The minimum Gasteiger partial charge on any atom is -0.385 e. The van der Waals surface area contributed by atoms with Crippen molar-refractivity contribution in [1.29, 1.82) is 0 Å². The highest BCUT2D eigenvalue weighted by atomic mass is 16.3. The molecule has 0 radical (unpaired) electrons. The normalized spacial score (nSPS) is 19.1. The number of nitrogens with two attached hydrogens (primary N) is 1. The van der Waals surface area contributed by atoms with Gasteiger partial charge in [0.2, 0.25) is 5.95 Å². The van der Waals surface area contributed by atoms with Crippen LogP contribution in [0.2, 0.25) is 0 Å². The van der Waals surface area contributed by atoms with E-state index in [1.165, 1.54) is 0 Å². The van der Waals surface area contributed by atoms with Crippen molar-refractivity contribution < 1.29 is 9.90 Å². The molecule has 2 bridgehead atoms. The zero-order chi connectivity index (χ0) is 24.6. The molecule has 5 rings (SSSR count). The fraction of sp³-hybridized carbons (Fsp3) is 0.207. The first kappa shape index (κ1) is 22.7. The molecule has 0 spiro atoms. The summed E-state index contributed by atoms with van der Waals surface area (Å²) in [4.78, 5) is 24.8. The van der Waals surface area contributed by atoms with Crippen molar-refractivity contribution in [2.75, 3.05) is 18.8 Å². The lowest BCUT2D eigenvalue weighted by molar-refractivity contribution is 0.0223. The number of piperidine rings is 1. The number of rotatable bonds is 5. The molecule has 1 fully saturated rings. The highest BCUT2D eigenvalue weighted by Crippen LogP contribution is 2.42. The number of nitrogen functional groups attached to an aromatic ring is 1. The third-order valence-electron chi connectivity index (χ3n) is 6.99. The van der Waals surface area contributed by atoms with E-state index in [2.05, 4.69) is 28.0 Å². The Hall–Kier alpha value is -4.03. The number of benzene rings is 1. The predicted octanol–water partition coefficient (Wildman–Crippen LogP) is 4.64. The van der Waals surface area contributed by atoms with Crippen molar-refractivity contribution in [2.24, 2.45) is 0 Å². The maximum absolute atomic E-state index is 13.5. The number of Topliss-reactive ketones (excluding diaryl/α,β-unsaturated/α-hetero) is 1. The van der Waals surface area contributed by atoms with Gasteiger partial charge >= 0.3 is 0 Å². The van der Waals surface area contributed by atoms with E-state index >= 15 is 0 Å². The van der Waals surface area contributed by atoms with Crippen LogP contribution in [-0.2, 0) is 0 Å². The number of hydrogen-bond acceptors (Lipinski definition) is 6. The number of carbonyl (C=O) groups excluding carboxylic acids is 1. The number of likely N-dealkylation sites (tertiary alicyclic amines) is 1. The summed E-state index contributed by atoms with van der Waals surface area (Å²) in [5, 5.41) is 11.3. The maximum atomic E-state index is 13.5. The van der Waals surface area contributed by atoms with Gasteiger partial charge in [-0.05, 0) is 24.5 Å². The van der Waals surface area contributed by atoms with E-state index in [9.17, 15) is 9.90 Å². The lowest BCUT2D eigenvalue weighted by Crippen LogP contribution is -2.45. The van der Waals surface area contributed by atoms with Crippen molar-refractivity contribution >= 4 is 17.3 Å².